The maximum Gasteiger partial charge on any atom is 0.407 e. The van der Waals surface area contributed by atoms with Crippen LogP contribution in [0.2, 0.25) is 0 Å². The first-order chi connectivity index (χ1) is 28.0. The molecule has 6 saturated heterocycles. The van der Waals surface area contributed by atoms with Gasteiger partial charge in [-0.3, -0.25) is 14.4 Å². The Morgan fingerprint density at radius 1 is 0.533 bits per heavy atom. The van der Waals surface area contributed by atoms with Crippen molar-refractivity contribution in [2.24, 2.45) is 0 Å². The Morgan fingerprint density at radius 3 is 1.18 bits per heavy atom. The number of ether oxygens (including phenoxy) is 14. The third-order valence-electron chi connectivity index (χ3n) is 10.9. The lowest BCUT2D eigenvalue weighted by Gasteiger charge is -2.34. The number of fused-ring (bicyclic) bond motifs is 3. The molecule has 6 fully saturated rings. The number of nitrogens with one attached hydrogen (secondary N) is 3. The molecule has 0 saturated carbocycles. The van der Waals surface area contributed by atoms with Gasteiger partial charge >= 0.3 is 12.1 Å². The third-order valence-corrected chi connectivity index (χ3v) is 10.9. The van der Waals surface area contributed by atoms with Crippen LogP contribution in [0.3, 0.4) is 0 Å². The zero-order chi connectivity index (χ0) is 44.1. The van der Waals surface area contributed by atoms with Crippen molar-refractivity contribution in [1.29, 1.82) is 0 Å². The minimum Gasteiger partial charge on any atom is -0.469 e. The normalized spacial score (nSPS) is 37.4. The predicted octanol–water partition coefficient (Wildman–Crippen LogP) is 0.867. The van der Waals surface area contributed by atoms with Crippen LogP contribution in [0, 0.1) is 0 Å². The SMILES string of the molecule is COC(=O)C[C@H](NC(=O)C[C@H](NC(=O)C[C@H](NC(=O)OC(C)(C)C)[C@H]1O[C@@H]2OC(C)(C)O[C@@H]2[C@H]1OC)[C@H]1O[C@@H]2OC(C)(C)O[C@@H]2[C@H]1OC)[C@H]1O[C@@H]2OC(C)(C)O[C@@H]2[C@H]1OC. The summed E-state index contributed by atoms with van der Waals surface area (Å²) >= 11 is 0. The molecule has 15 atom stereocenters. The van der Waals surface area contributed by atoms with E-state index in [2.05, 4.69) is 16.0 Å². The second kappa shape index (κ2) is 17.8. The smallest absolute Gasteiger partial charge is 0.407 e. The number of hydrogen-bond donors (Lipinski definition) is 3. The highest BCUT2D eigenvalue weighted by atomic mass is 16.9. The molecule has 6 aliphatic heterocycles. The number of hydrogen-bond acceptors (Lipinski definition) is 18. The van der Waals surface area contributed by atoms with Crippen LogP contribution in [0.25, 0.3) is 0 Å². The molecule has 0 aliphatic carbocycles. The summed E-state index contributed by atoms with van der Waals surface area (Å²) in [5, 5.41) is 8.61. The van der Waals surface area contributed by atoms with Crippen molar-refractivity contribution in [3.05, 3.63) is 0 Å². The van der Waals surface area contributed by atoms with E-state index in [-0.39, 0.29) is 19.3 Å². The summed E-state index contributed by atoms with van der Waals surface area (Å²) in [5.41, 5.74) is -0.862. The molecule has 0 aromatic heterocycles. The van der Waals surface area contributed by atoms with Crippen LogP contribution in [-0.2, 0) is 80.7 Å². The van der Waals surface area contributed by atoms with Gasteiger partial charge in [-0.2, -0.15) is 0 Å². The maximum absolute atomic E-state index is 14.3. The third kappa shape index (κ3) is 10.5. The Labute approximate surface area is 349 Å². The van der Waals surface area contributed by atoms with Crippen molar-refractivity contribution >= 4 is 23.9 Å². The molecule has 0 bridgehead atoms. The topological polar surface area (TPSA) is 234 Å². The summed E-state index contributed by atoms with van der Waals surface area (Å²) < 4.78 is 82.8. The number of carbonyl (C=O) groups excluding carboxylic acids is 4. The van der Waals surface area contributed by atoms with Crippen molar-refractivity contribution in [3.8, 4) is 0 Å². The maximum atomic E-state index is 14.3. The molecular weight excluding hydrogens is 798 g/mol. The lowest BCUT2D eigenvalue weighted by molar-refractivity contribution is -0.221. The van der Waals surface area contributed by atoms with Crippen molar-refractivity contribution in [3.63, 3.8) is 0 Å². The summed E-state index contributed by atoms with van der Waals surface area (Å²) in [6, 6.07) is -3.12. The molecule has 342 valence electrons. The largest absolute Gasteiger partial charge is 0.469 e. The van der Waals surface area contributed by atoms with Gasteiger partial charge in [-0.15, -0.1) is 0 Å². The minimum absolute atomic E-state index is 0.291. The van der Waals surface area contributed by atoms with Gasteiger partial charge in [0.05, 0.1) is 31.7 Å². The summed E-state index contributed by atoms with van der Waals surface area (Å²) in [7, 11) is 5.62. The average Bonchev–Trinajstić information content (AvgIpc) is 3.92. The molecule has 21 heteroatoms. The molecule has 0 unspecified atom stereocenters. The van der Waals surface area contributed by atoms with E-state index in [9.17, 15) is 19.2 Å². The van der Waals surface area contributed by atoms with Crippen molar-refractivity contribution in [2.45, 2.75) is 196 Å². The van der Waals surface area contributed by atoms with Gasteiger partial charge < -0.3 is 82.3 Å². The number of amides is 3. The highest BCUT2D eigenvalue weighted by molar-refractivity contribution is 5.81. The molecule has 0 radical (unpaired) electrons. The first kappa shape index (κ1) is 46.7. The molecule has 0 aromatic carbocycles. The zero-order valence-corrected chi connectivity index (χ0v) is 36.6. The van der Waals surface area contributed by atoms with Crippen LogP contribution in [0.15, 0.2) is 0 Å². The summed E-state index contributed by atoms with van der Waals surface area (Å²) in [4.78, 5) is 54.4. The quantitative estimate of drug-likeness (QED) is 0.194. The summed E-state index contributed by atoms with van der Waals surface area (Å²) in [5.74, 6) is -4.74. The molecule has 3 N–H and O–H groups in total. The zero-order valence-electron chi connectivity index (χ0n) is 36.6. The molecule has 0 spiro atoms. The number of esters is 1. The van der Waals surface area contributed by atoms with Gasteiger partial charge in [0, 0.05) is 34.2 Å². The van der Waals surface area contributed by atoms with Gasteiger partial charge in [0.2, 0.25) is 11.8 Å². The van der Waals surface area contributed by atoms with E-state index in [0.717, 1.165) is 0 Å². The first-order valence-corrected chi connectivity index (χ1v) is 20.2. The Morgan fingerprint density at radius 2 is 0.867 bits per heavy atom. The predicted molar refractivity (Wildman–Crippen MR) is 201 cm³/mol. The monoisotopic (exact) mass is 861 g/mol. The van der Waals surface area contributed by atoms with E-state index in [1.807, 2.05) is 0 Å². The van der Waals surface area contributed by atoms with Crippen LogP contribution in [0.1, 0.15) is 81.6 Å². The van der Waals surface area contributed by atoms with E-state index in [4.69, 9.17) is 66.3 Å². The fourth-order valence-corrected chi connectivity index (χ4v) is 8.69. The summed E-state index contributed by atoms with van der Waals surface area (Å²) in [6.45, 7) is 15.5. The van der Waals surface area contributed by atoms with Crippen LogP contribution in [0.5, 0.6) is 0 Å². The van der Waals surface area contributed by atoms with Gasteiger partial charge in [-0.05, 0) is 62.3 Å². The fraction of sp³-hybridized carbons (Fsp3) is 0.897. The number of alkyl carbamates (subject to hydrolysis) is 1. The average molecular weight is 862 g/mol. The molecular formula is C39H63N3O18. The Balaban J connectivity index is 1.24. The van der Waals surface area contributed by atoms with E-state index < -0.39 is 139 Å². The van der Waals surface area contributed by atoms with Gasteiger partial charge in [0.15, 0.2) is 36.2 Å². The number of rotatable bonds is 15. The molecule has 6 heterocycles. The van der Waals surface area contributed by atoms with Crippen LogP contribution >= 0.6 is 0 Å². The van der Waals surface area contributed by atoms with Crippen LogP contribution < -0.4 is 16.0 Å². The molecule has 60 heavy (non-hydrogen) atoms. The standard InChI is InChI=1S/C39H63N3O18/c1-36(2,3)60-35(46)42-18(24-27(49-12)30-33(52-24)58-38(6,7)55-30)15-21(44)40-17(23-26(48-11)29-32(51-23)57-37(4,5)54-29)14-20(43)41-19(16-22(45)47-10)25-28(50-13)31-34(53-25)59-39(8,9)56-31/h17-19,23-34H,14-16H2,1-13H3,(H,40,44)(H,41,43)(H,42,46)/t17-,18-,19-,23+,24+,25+,26-,27-,28-,29+,30+,31+,32+,33+,34+/m0/s1. The van der Waals surface area contributed by atoms with Crippen molar-refractivity contribution < 1.29 is 85.5 Å². The van der Waals surface area contributed by atoms with Gasteiger partial charge in [0.1, 0.15) is 60.5 Å². The highest BCUT2D eigenvalue weighted by Crippen LogP contribution is 2.43. The van der Waals surface area contributed by atoms with Crippen molar-refractivity contribution in [1.82, 2.24) is 16.0 Å². The van der Waals surface area contributed by atoms with E-state index in [1.165, 1.54) is 28.4 Å². The lowest BCUT2D eigenvalue weighted by atomic mass is 9.97. The van der Waals surface area contributed by atoms with Crippen LogP contribution in [-0.4, -0.2) is 167 Å². The fourth-order valence-electron chi connectivity index (χ4n) is 8.69. The van der Waals surface area contributed by atoms with Crippen molar-refractivity contribution in [2.75, 3.05) is 28.4 Å². The van der Waals surface area contributed by atoms with Crippen LogP contribution in [0.4, 0.5) is 4.79 Å². The molecule has 6 rings (SSSR count). The first-order valence-electron chi connectivity index (χ1n) is 20.2. The molecule has 21 nitrogen and oxygen atoms in total. The molecule has 0 aromatic rings. The van der Waals surface area contributed by atoms with Gasteiger partial charge in [0.25, 0.3) is 0 Å². The van der Waals surface area contributed by atoms with Gasteiger partial charge in [-0.25, -0.2) is 4.79 Å². The number of carbonyl (C=O) groups is 4. The molecule has 3 amide bonds. The minimum atomic E-state index is -1.09. The second-order valence-corrected chi connectivity index (χ2v) is 18.1. The Hall–Kier alpha value is -2.80. The Bertz CT molecular complexity index is 1570. The lowest BCUT2D eigenvalue weighted by Crippen LogP contribution is -2.56. The van der Waals surface area contributed by atoms with E-state index in [0.29, 0.717) is 0 Å². The van der Waals surface area contributed by atoms with Gasteiger partial charge in [-0.1, -0.05) is 0 Å². The Kier molecular flexibility index (Phi) is 13.8. The number of methoxy groups -OCH3 is 4. The molecule has 6 aliphatic rings. The summed E-state index contributed by atoms with van der Waals surface area (Å²) in [6.07, 6.45) is -11.6. The van der Waals surface area contributed by atoms with E-state index >= 15 is 0 Å². The second-order valence-electron chi connectivity index (χ2n) is 18.1. The highest BCUT2D eigenvalue weighted by Gasteiger charge is 2.60. The van der Waals surface area contributed by atoms with E-state index in [1.54, 1.807) is 62.3 Å².